The number of hydrogen-bond acceptors (Lipinski definition) is 6. The number of aryl methyl sites for hydroxylation is 1. The number of esters is 1. The van der Waals surface area contributed by atoms with Gasteiger partial charge in [0.15, 0.2) is 6.61 Å². The fourth-order valence-electron chi connectivity index (χ4n) is 2.20. The van der Waals surface area contributed by atoms with Crippen LogP contribution in [0.5, 0.6) is 5.75 Å². The van der Waals surface area contributed by atoms with Crippen LogP contribution in [0.25, 0.3) is 6.08 Å². The average Bonchev–Trinajstić information content (AvgIpc) is 2.65. The fourth-order valence-corrected chi connectivity index (χ4v) is 2.20. The predicted molar refractivity (Wildman–Crippen MR) is 99.5 cm³/mol. The van der Waals surface area contributed by atoms with Gasteiger partial charge in [-0.05, 0) is 30.2 Å². The number of non-ortho nitro benzene ring substituents is 1. The molecule has 2 aromatic carbocycles. The van der Waals surface area contributed by atoms with Crippen molar-refractivity contribution >= 4 is 29.3 Å². The van der Waals surface area contributed by atoms with Crippen LogP contribution in [0.15, 0.2) is 48.5 Å². The molecule has 2 aromatic rings. The summed E-state index contributed by atoms with van der Waals surface area (Å²) in [6.07, 6.45) is 2.84. The molecule has 0 unspecified atom stereocenters. The minimum absolute atomic E-state index is 0.128. The molecule has 0 spiro atoms. The van der Waals surface area contributed by atoms with Crippen LogP contribution < -0.4 is 10.1 Å². The van der Waals surface area contributed by atoms with Gasteiger partial charge in [0.2, 0.25) is 0 Å². The van der Waals surface area contributed by atoms with E-state index >= 15 is 0 Å². The highest BCUT2D eigenvalue weighted by Gasteiger charge is 2.14. The Bertz CT molecular complexity index is 892. The highest BCUT2D eigenvalue weighted by atomic mass is 16.6. The van der Waals surface area contributed by atoms with E-state index in [0.717, 1.165) is 11.1 Å². The van der Waals surface area contributed by atoms with Gasteiger partial charge in [0, 0.05) is 12.1 Å². The second-order valence-electron chi connectivity index (χ2n) is 5.49. The summed E-state index contributed by atoms with van der Waals surface area (Å²) >= 11 is 0. The number of rotatable bonds is 7. The zero-order valence-corrected chi connectivity index (χ0v) is 14.8. The molecule has 0 aromatic heterocycles. The Labute approximate surface area is 155 Å². The van der Waals surface area contributed by atoms with Gasteiger partial charge in [0.05, 0.1) is 23.8 Å². The van der Waals surface area contributed by atoms with E-state index < -0.39 is 23.4 Å². The summed E-state index contributed by atoms with van der Waals surface area (Å²) in [5.74, 6) is -1.13. The molecule has 2 rings (SSSR count). The number of nitro benzene ring substituents is 1. The van der Waals surface area contributed by atoms with Gasteiger partial charge in [-0.1, -0.05) is 24.3 Å². The van der Waals surface area contributed by atoms with Gasteiger partial charge in [0.25, 0.3) is 11.6 Å². The van der Waals surface area contributed by atoms with Gasteiger partial charge in [-0.3, -0.25) is 14.9 Å². The summed E-state index contributed by atoms with van der Waals surface area (Å²) in [6.45, 7) is 1.41. The Morgan fingerprint density at radius 1 is 1.22 bits per heavy atom. The first kappa shape index (κ1) is 19.6. The van der Waals surface area contributed by atoms with Crippen LogP contribution in [0.3, 0.4) is 0 Å². The van der Waals surface area contributed by atoms with Gasteiger partial charge in [-0.2, -0.15) is 0 Å². The molecule has 27 heavy (non-hydrogen) atoms. The molecule has 0 fully saturated rings. The lowest BCUT2D eigenvalue weighted by molar-refractivity contribution is -0.384. The highest BCUT2D eigenvalue weighted by molar-refractivity contribution is 5.95. The Hall–Kier alpha value is -3.68. The highest BCUT2D eigenvalue weighted by Crippen LogP contribution is 2.28. The maximum Gasteiger partial charge on any atom is 0.331 e. The zero-order valence-electron chi connectivity index (χ0n) is 14.8. The molecule has 8 heteroatoms. The molecule has 1 amide bonds. The molecule has 0 saturated heterocycles. The van der Waals surface area contributed by atoms with Crippen molar-refractivity contribution in [2.24, 2.45) is 0 Å². The van der Waals surface area contributed by atoms with Crippen LogP contribution in [-0.4, -0.2) is 30.5 Å². The lowest BCUT2D eigenvalue weighted by Crippen LogP contribution is -2.20. The van der Waals surface area contributed by atoms with Crippen LogP contribution in [0.1, 0.15) is 11.1 Å². The van der Waals surface area contributed by atoms with Crippen molar-refractivity contribution in [3.8, 4) is 5.75 Å². The summed E-state index contributed by atoms with van der Waals surface area (Å²) in [5.41, 5.74) is 1.94. The number of nitro groups is 1. The van der Waals surface area contributed by atoms with E-state index in [-0.39, 0.29) is 17.1 Å². The number of anilines is 1. The summed E-state index contributed by atoms with van der Waals surface area (Å²) < 4.78 is 9.91. The average molecular weight is 370 g/mol. The largest absolute Gasteiger partial charge is 0.494 e. The second-order valence-corrected chi connectivity index (χ2v) is 5.49. The minimum Gasteiger partial charge on any atom is -0.494 e. The third-order valence-corrected chi connectivity index (χ3v) is 3.60. The summed E-state index contributed by atoms with van der Waals surface area (Å²) in [6, 6.07) is 11.3. The molecule has 0 bridgehead atoms. The number of methoxy groups -OCH3 is 1. The third-order valence-electron chi connectivity index (χ3n) is 3.60. The first-order chi connectivity index (χ1) is 12.9. The van der Waals surface area contributed by atoms with E-state index in [1.54, 1.807) is 6.08 Å². The molecule has 8 nitrogen and oxygen atoms in total. The second kappa shape index (κ2) is 9.14. The monoisotopic (exact) mass is 370 g/mol. The summed E-state index contributed by atoms with van der Waals surface area (Å²) in [7, 11) is 1.32. The number of benzene rings is 2. The Morgan fingerprint density at radius 2 is 1.96 bits per heavy atom. The number of nitrogens with zero attached hydrogens (tertiary/aromatic N) is 1. The van der Waals surface area contributed by atoms with Gasteiger partial charge < -0.3 is 14.8 Å². The molecule has 0 aliphatic heterocycles. The molecule has 0 radical (unpaired) electrons. The van der Waals surface area contributed by atoms with Gasteiger partial charge in [-0.15, -0.1) is 0 Å². The standard InChI is InChI=1S/C19H18N2O6/c1-13-5-3-4-6-14(13)7-10-19(23)27-12-18(22)20-16-9-8-15(21(24)25)11-17(16)26-2/h3-11H,12H2,1-2H3,(H,20,22)/b10-7+. The maximum atomic E-state index is 11.9. The van der Waals surface area contributed by atoms with Gasteiger partial charge in [-0.25, -0.2) is 4.79 Å². The molecular formula is C19H18N2O6. The van der Waals surface area contributed by atoms with Crippen molar-refractivity contribution in [3.63, 3.8) is 0 Å². The third kappa shape index (κ3) is 5.67. The van der Waals surface area contributed by atoms with Crippen LogP contribution in [0.4, 0.5) is 11.4 Å². The molecular weight excluding hydrogens is 352 g/mol. The molecule has 0 heterocycles. The molecule has 0 saturated carbocycles. The number of carbonyl (C=O) groups excluding carboxylic acids is 2. The molecule has 1 N–H and O–H groups in total. The van der Waals surface area contributed by atoms with Crippen LogP contribution in [-0.2, 0) is 14.3 Å². The van der Waals surface area contributed by atoms with Crippen molar-refractivity contribution in [2.45, 2.75) is 6.92 Å². The molecule has 0 aliphatic carbocycles. The lowest BCUT2D eigenvalue weighted by Gasteiger charge is -2.09. The van der Waals surface area contributed by atoms with Crippen LogP contribution in [0.2, 0.25) is 0 Å². The van der Waals surface area contributed by atoms with E-state index in [0.29, 0.717) is 0 Å². The van der Waals surface area contributed by atoms with E-state index in [2.05, 4.69) is 5.32 Å². The first-order valence-electron chi connectivity index (χ1n) is 7.93. The molecule has 140 valence electrons. The van der Waals surface area contributed by atoms with Crippen molar-refractivity contribution in [1.82, 2.24) is 0 Å². The maximum absolute atomic E-state index is 11.9. The first-order valence-corrected chi connectivity index (χ1v) is 7.93. The van der Waals surface area contributed by atoms with Crippen LogP contribution in [0, 0.1) is 17.0 Å². The van der Waals surface area contributed by atoms with E-state index in [1.165, 1.54) is 31.4 Å². The lowest BCUT2D eigenvalue weighted by atomic mass is 10.1. The Balaban J connectivity index is 1.91. The minimum atomic E-state index is -0.663. The van der Waals surface area contributed by atoms with E-state index in [4.69, 9.17) is 9.47 Å². The Kier molecular flexibility index (Phi) is 6.65. The summed E-state index contributed by atoms with van der Waals surface area (Å²) in [4.78, 5) is 33.9. The van der Waals surface area contributed by atoms with Gasteiger partial charge >= 0.3 is 5.97 Å². The van der Waals surface area contributed by atoms with Crippen molar-refractivity contribution in [3.05, 3.63) is 69.8 Å². The quantitative estimate of drug-likeness (QED) is 0.347. The van der Waals surface area contributed by atoms with Crippen molar-refractivity contribution in [1.29, 1.82) is 0 Å². The number of nitrogens with one attached hydrogen (secondary N) is 1. The topological polar surface area (TPSA) is 108 Å². The van der Waals surface area contributed by atoms with Crippen LogP contribution >= 0.6 is 0 Å². The number of amides is 1. The smallest absolute Gasteiger partial charge is 0.331 e. The number of ether oxygens (including phenoxy) is 2. The Morgan fingerprint density at radius 3 is 2.63 bits per heavy atom. The predicted octanol–water partition coefficient (Wildman–Crippen LogP) is 3.11. The number of hydrogen-bond donors (Lipinski definition) is 1. The molecule has 0 aliphatic rings. The SMILES string of the molecule is COc1cc([N+](=O)[O-])ccc1NC(=O)COC(=O)/C=C/c1ccccc1C. The fraction of sp³-hybridized carbons (Fsp3) is 0.158. The summed E-state index contributed by atoms with van der Waals surface area (Å²) in [5, 5.41) is 13.2. The zero-order chi connectivity index (χ0) is 19.8. The molecule has 0 atom stereocenters. The van der Waals surface area contributed by atoms with Gasteiger partial charge in [0.1, 0.15) is 5.75 Å². The normalized spacial score (nSPS) is 10.4. The van der Waals surface area contributed by atoms with Crippen molar-refractivity contribution in [2.75, 3.05) is 19.0 Å². The van der Waals surface area contributed by atoms with E-state index in [9.17, 15) is 19.7 Å². The number of carbonyl (C=O) groups is 2. The van der Waals surface area contributed by atoms with Crippen molar-refractivity contribution < 1.29 is 24.0 Å². The van der Waals surface area contributed by atoms with E-state index in [1.807, 2.05) is 31.2 Å².